The fourth-order valence-corrected chi connectivity index (χ4v) is 2.49. The highest BCUT2D eigenvalue weighted by Gasteiger charge is 2.13. The molecule has 0 fully saturated rings. The minimum Gasteiger partial charge on any atom is -0.380 e. The van der Waals surface area contributed by atoms with Crippen molar-refractivity contribution in [2.45, 2.75) is 33.2 Å². The van der Waals surface area contributed by atoms with Crippen molar-refractivity contribution in [2.75, 3.05) is 5.32 Å². The minimum absolute atomic E-state index is 0.164. The first-order chi connectivity index (χ1) is 10.2. The van der Waals surface area contributed by atoms with E-state index in [9.17, 15) is 10.1 Å². The molecule has 0 heterocycles. The first-order valence-corrected chi connectivity index (χ1v) is 7.24. The lowest BCUT2D eigenvalue weighted by Gasteiger charge is -2.15. The van der Waals surface area contributed by atoms with E-state index in [1.165, 1.54) is 11.1 Å². The third-order valence-corrected chi connectivity index (χ3v) is 3.64. The molecule has 2 aromatic carbocycles. The first kappa shape index (κ1) is 15.0. The van der Waals surface area contributed by atoms with Gasteiger partial charge in [-0.25, -0.2) is 0 Å². The van der Waals surface area contributed by atoms with Gasteiger partial charge in [0.1, 0.15) is 0 Å². The van der Waals surface area contributed by atoms with Crippen LogP contribution in [0.3, 0.4) is 0 Å². The summed E-state index contributed by atoms with van der Waals surface area (Å²) in [5.74, 6) is 0. The number of nitrogens with one attached hydrogen (secondary N) is 1. The van der Waals surface area contributed by atoms with Gasteiger partial charge in [-0.2, -0.15) is 0 Å². The van der Waals surface area contributed by atoms with E-state index >= 15 is 0 Å². The number of nitro groups is 1. The SMILES string of the molecule is CCc1cccc(CC)c1NCc1ccccc1[N+](=O)[O-]. The first-order valence-electron chi connectivity index (χ1n) is 7.24. The van der Waals surface area contributed by atoms with Crippen LogP contribution in [0.5, 0.6) is 0 Å². The fraction of sp³-hybridized carbons (Fsp3) is 0.294. The lowest BCUT2D eigenvalue weighted by atomic mass is 10.0. The molecular weight excluding hydrogens is 264 g/mol. The quantitative estimate of drug-likeness (QED) is 0.634. The van der Waals surface area contributed by atoms with Gasteiger partial charge in [-0.1, -0.05) is 50.2 Å². The molecule has 0 aliphatic rings. The van der Waals surface area contributed by atoms with Crippen LogP contribution in [0.1, 0.15) is 30.5 Å². The van der Waals surface area contributed by atoms with Crippen molar-refractivity contribution in [3.63, 3.8) is 0 Å². The Morgan fingerprint density at radius 3 is 2.10 bits per heavy atom. The predicted molar refractivity (Wildman–Crippen MR) is 85.6 cm³/mol. The van der Waals surface area contributed by atoms with Crippen LogP contribution < -0.4 is 5.32 Å². The molecule has 4 nitrogen and oxygen atoms in total. The number of rotatable bonds is 6. The molecule has 0 saturated carbocycles. The summed E-state index contributed by atoms with van der Waals surface area (Å²) >= 11 is 0. The second-order valence-electron chi connectivity index (χ2n) is 4.90. The molecule has 110 valence electrons. The molecule has 0 saturated heterocycles. The van der Waals surface area contributed by atoms with Crippen molar-refractivity contribution in [1.82, 2.24) is 0 Å². The van der Waals surface area contributed by atoms with E-state index in [1.54, 1.807) is 18.2 Å². The lowest BCUT2D eigenvalue weighted by Crippen LogP contribution is -2.07. The summed E-state index contributed by atoms with van der Waals surface area (Å²) in [5.41, 5.74) is 4.47. The number of benzene rings is 2. The highest BCUT2D eigenvalue weighted by molar-refractivity contribution is 5.58. The summed E-state index contributed by atoms with van der Waals surface area (Å²) in [5, 5.41) is 14.4. The van der Waals surface area contributed by atoms with Crippen molar-refractivity contribution in [3.05, 3.63) is 69.3 Å². The predicted octanol–water partition coefficient (Wildman–Crippen LogP) is 4.33. The largest absolute Gasteiger partial charge is 0.380 e. The number of hydrogen-bond acceptors (Lipinski definition) is 3. The van der Waals surface area contributed by atoms with Crippen molar-refractivity contribution >= 4 is 11.4 Å². The summed E-state index contributed by atoms with van der Waals surface area (Å²) in [6.45, 7) is 4.69. The molecule has 4 heteroatoms. The smallest absolute Gasteiger partial charge is 0.274 e. The molecule has 0 amide bonds. The number of nitro benzene ring substituents is 1. The Bertz CT molecular complexity index is 616. The van der Waals surface area contributed by atoms with Gasteiger partial charge >= 0.3 is 0 Å². The van der Waals surface area contributed by atoms with Crippen LogP contribution in [-0.2, 0) is 19.4 Å². The van der Waals surface area contributed by atoms with Gasteiger partial charge in [0.05, 0.1) is 4.92 Å². The molecule has 1 N–H and O–H groups in total. The molecule has 2 rings (SSSR count). The topological polar surface area (TPSA) is 55.2 Å². The van der Waals surface area contributed by atoms with Gasteiger partial charge in [0.15, 0.2) is 0 Å². The zero-order valence-corrected chi connectivity index (χ0v) is 12.4. The van der Waals surface area contributed by atoms with Gasteiger partial charge in [0.25, 0.3) is 5.69 Å². The summed E-state index contributed by atoms with van der Waals surface area (Å²) in [7, 11) is 0. The average Bonchev–Trinajstić information content (AvgIpc) is 2.52. The fourth-order valence-electron chi connectivity index (χ4n) is 2.49. The van der Waals surface area contributed by atoms with Crippen LogP contribution >= 0.6 is 0 Å². The van der Waals surface area contributed by atoms with Gasteiger partial charge < -0.3 is 5.32 Å². The highest BCUT2D eigenvalue weighted by Crippen LogP contribution is 2.25. The second kappa shape index (κ2) is 6.88. The van der Waals surface area contributed by atoms with Crippen LogP contribution in [0.15, 0.2) is 42.5 Å². The summed E-state index contributed by atoms with van der Waals surface area (Å²) in [6.07, 6.45) is 1.88. The second-order valence-corrected chi connectivity index (χ2v) is 4.90. The average molecular weight is 284 g/mol. The Morgan fingerprint density at radius 2 is 1.52 bits per heavy atom. The zero-order chi connectivity index (χ0) is 15.2. The molecule has 0 aromatic heterocycles. The van der Waals surface area contributed by atoms with E-state index in [-0.39, 0.29) is 10.6 Å². The Hall–Kier alpha value is -2.36. The third-order valence-electron chi connectivity index (χ3n) is 3.64. The van der Waals surface area contributed by atoms with Crippen LogP contribution in [0.4, 0.5) is 11.4 Å². The third kappa shape index (κ3) is 3.40. The molecular formula is C17H20N2O2. The highest BCUT2D eigenvalue weighted by atomic mass is 16.6. The molecule has 0 aliphatic heterocycles. The lowest BCUT2D eigenvalue weighted by molar-refractivity contribution is -0.385. The Balaban J connectivity index is 2.26. The number of hydrogen-bond donors (Lipinski definition) is 1. The monoisotopic (exact) mass is 284 g/mol. The number of aryl methyl sites for hydroxylation is 2. The van der Waals surface area contributed by atoms with E-state index in [0.717, 1.165) is 18.5 Å². The van der Waals surface area contributed by atoms with Crippen molar-refractivity contribution < 1.29 is 4.92 Å². The molecule has 0 spiro atoms. The summed E-state index contributed by atoms with van der Waals surface area (Å²) < 4.78 is 0. The van der Waals surface area contributed by atoms with E-state index < -0.39 is 0 Å². The van der Waals surface area contributed by atoms with E-state index in [0.29, 0.717) is 12.1 Å². The minimum atomic E-state index is -0.330. The molecule has 0 unspecified atom stereocenters. The van der Waals surface area contributed by atoms with Crippen LogP contribution in [0, 0.1) is 10.1 Å². The summed E-state index contributed by atoms with van der Waals surface area (Å²) in [4.78, 5) is 10.7. The molecule has 21 heavy (non-hydrogen) atoms. The Morgan fingerprint density at radius 1 is 0.952 bits per heavy atom. The van der Waals surface area contributed by atoms with Gasteiger partial charge in [-0.05, 0) is 24.0 Å². The van der Waals surface area contributed by atoms with Crippen molar-refractivity contribution in [1.29, 1.82) is 0 Å². The molecule has 0 bridgehead atoms. The Labute approximate surface area is 125 Å². The molecule has 0 aliphatic carbocycles. The van der Waals surface area contributed by atoms with Crippen molar-refractivity contribution in [2.24, 2.45) is 0 Å². The number of para-hydroxylation sites is 2. The molecule has 2 aromatic rings. The van der Waals surface area contributed by atoms with Gasteiger partial charge in [0.2, 0.25) is 0 Å². The molecule has 0 radical (unpaired) electrons. The zero-order valence-electron chi connectivity index (χ0n) is 12.4. The van der Waals surface area contributed by atoms with Gasteiger partial charge in [-0.3, -0.25) is 10.1 Å². The maximum atomic E-state index is 11.1. The summed E-state index contributed by atoms with van der Waals surface area (Å²) in [6, 6.07) is 13.1. The number of anilines is 1. The number of nitrogens with zero attached hydrogens (tertiary/aromatic N) is 1. The van der Waals surface area contributed by atoms with Crippen LogP contribution in [0.25, 0.3) is 0 Å². The van der Waals surface area contributed by atoms with Crippen LogP contribution in [-0.4, -0.2) is 4.92 Å². The van der Waals surface area contributed by atoms with Gasteiger partial charge in [-0.15, -0.1) is 0 Å². The van der Waals surface area contributed by atoms with E-state index in [2.05, 4.69) is 37.4 Å². The van der Waals surface area contributed by atoms with E-state index in [1.807, 2.05) is 6.07 Å². The van der Waals surface area contributed by atoms with Crippen LogP contribution in [0.2, 0.25) is 0 Å². The maximum Gasteiger partial charge on any atom is 0.274 e. The Kier molecular flexibility index (Phi) is 4.93. The maximum absolute atomic E-state index is 11.1. The normalized spacial score (nSPS) is 10.4. The standard InChI is InChI=1S/C17H20N2O2/c1-3-13-9-7-10-14(4-2)17(13)18-12-15-8-5-6-11-16(15)19(20)21/h5-11,18H,3-4,12H2,1-2H3. The van der Waals surface area contributed by atoms with E-state index in [4.69, 9.17) is 0 Å². The van der Waals surface area contributed by atoms with Gasteiger partial charge in [0, 0.05) is 23.9 Å². The van der Waals surface area contributed by atoms with Crippen molar-refractivity contribution in [3.8, 4) is 0 Å². The molecule has 0 atom stereocenters.